The first-order valence-electron chi connectivity index (χ1n) is 5.47. The normalized spacial score (nSPS) is 25.7. The Labute approximate surface area is 90.7 Å². The first kappa shape index (κ1) is 10.2. The average Bonchev–Trinajstić information content (AvgIpc) is 2.63. The molecule has 1 aliphatic rings. The number of rotatable bonds is 2. The number of benzene rings is 1. The Morgan fingerprint density at radius 2 is 1.93 bits per heavy atom. The standard InChI is InChI=1S/C13H17NO/c1-10(2)13(8-12(15)14-9-13)11-6-4-3-5-7-11/h3-7,10H,8-9H2,1-2H3,(H,14,15). The lowest BCUT2D eigenvalue weighted by atomic mass is 9.71. The van der Waals surface area contributed by atoms with Crippen molar-refractivity contribution in [3.05, 3.63) is 35.9 Å². The lowest BCUT2D eigenvalue weighted by molar-refractivity contribution is -0.119. The molecule has 1 unspecified atom stereocenters. The van der Waals surface area contributed by atoms with E-state index in [2.05, 4.69) is 31.3 Å². The minimum absolute atomic E-state index is 0.00164. The molecule has 1 atom stereocenters. The molecule has 1 aromatic carbocycles. The lowest BCUT2D eigenvalue weighted by Crippen LogP contribution is -2.34. The van der Waals surface area contributed by atoms with Gasteiger partial charge in [0.1, 0.15) is 0 Å². The molecule has 1 fully saturated rings. The average molecular weight is 203 g/mol. The summed E-state index contributed by atoms with van der Waals surface area (Å²) in [6, 6.07) is 10.4. The number of amides is 1. The van der Waals surface area contributed by atoms with Gasteiger partial charge >= 0.3 is 0 Å². The van der Waals surface area contributed by atoms with Gasteiger partial charge in [-0.1, -0.05) is 44.2 Å². The second-order valence-electron chi connectivity index (χ2n) is 4.63. The highest BCUT2D eigenvalue weighted by Gasteiger charge is 2.42. The van der Waals surface area contributed by atoms with E-state index in [-0.39, 0.29) is 11.3 Å². The number of hydrogen-bond acceptors (Lipinski definition) is 1. The summed E-state index contributed by atoms with van der Waals surface area (Å²) in [7, 11) is 0. The summed E-state index contributed by atoms with van der Waals surface area (Å²) in [6.07, 6.45) is 0.620. The van der Waals surface area contributed by atoms with Crippen molar-refractivity contribution in [3.63, 3.8) is 0 Å². The summed E-state index contributed by atoms with van der Waals surface area (Å²) in [5, 5.41) is 2.95. The van der Waals surface area contributed by atoms with E-state index in [0.29, 0.717) is 12.3 Å². The number of carbonyl (C=O) groups excluding carboxylic acids is 1. The van der Waals surface area contributed by atoms with Gasteiger partial charge in [-0.15, -0.1) is 0 Å². The number of nitrogens with one attached hydrogen (secondary N) is 1. The van der Waals surface area contributed by atoms with Crippen LogP contribution in [0.4, 0.5) is 0 Å². The molecule has 0 aromatic heterocycles. The molecule has 1 saturated heterocycles. The Hall–Kier alpha value is -1.31. The minimum atomic E-state index is -0.00164. The van der Waals surface area contributed by atoms with Crippen molar-refractivity contribution in [2.75, 3.05) is 6.54 Å². The lowest BCUT2D eigenvalue weighted by Gasteiger charge is -2.32. The molecule has 0 bridgehead atoms. The van der Waals surface area contributed by atoms with Crippen LogP contribution >= 0.6 is 0 Å². The van der Waals surface area contributed by atoms with E-state index in [1.165, 1.54) is 5.56 Å². The molecule has 80 valence electrons. The van der Waals surface area contributed by atoms with Gasteiger partial charge < -0.3 is 5.32 Å². The monoisotopic (exact) mass is 203 g/mol. The Kier molecular flexibility index (Phi) is 2.51. The molecular weight excluding hydrogens is 186 g/mol. The molecule has 0 spiro atoms. The van der Waals surface area contributed by atoms with Gasteiger partial charge in [0.05, 0.1) is 0 Å². The largest absolute Gasteiger partial charge is 0.355 e. The third-order valence-corrected chi connectivity index (χ3v) is 3.53. The SMILES string of the molecule is CC(C)C1(c2ccccc2)CNC(=O)C1. The van der Waals surface area contributed by atoms with Gasteiger partial charge in [-0.25, -0.2) is 0 Å². The van der Waals surface area contributed by atoms with Gasteiger partial charge in [0, 0.05) is 18.4 Å². The van der Waals surface area contributed by atoms with E-state index < -0.39 is 0 Å². The second kappa shape index (κ2) is 3.69. The molecule has 2 rings (SSSR count). The van der Waals surface area contributed by atoms with Gasteiger partial charge in [-0.2, -0.15) is 0 Å². The fraction of sp³-hybridized carbons (Fsp3) is 0.462. The molecular formula is C13H17NO. The van der Waals surface area contributed by atoms with Crippen molar-refractivity contribution in [3.8, 4) is 0 Å². The first-order valence-corrected chi connectivity index (χ1v) is 5.47. The van der Waals surface area contributed by atoms with Crippen LogP contribution in [0.2, 0.25) is 0 Å². The van der Waals surface area contributed by atoms with Gasteiger partial charge in [-0.05, 0) is 11.5 Å². The molecule has 2 heteroatoms. The Morgan fingerprint density at radius 3 is 2.40 bits per heavy atom. The van der Waals surface area contributed by atoms with Gasteiger partial charge in [-0.3, -0.25) is 4.79 Å². The first-order chi connectivity index (χ1) is 7.15. The summed E-state index contributed by atoms with van der Waals surface area (Å²) >= 11 is 0. The number of hydrogen-bond donors (Lipinski definition) is 1. The van der Waals surface area contributed by atoms with Gasteiger partial charge in [0.15, 0.2) is 0 Å². The van der Waals surface area contributed by atoms with Crippen molar-refractivity contribution >= 4 is 5.91 Å². The van der Waals surface area contributed by atoms with Crippen molar-refractivity contribution < 1.29 is 4.79 Å². The van der Waals surface area contributed by atoms with Crippen LogP contribution in [0, 0.1) is 5.92 Å². The van der Waals surface area contributed by atoms with Crippen molar-refractivity contribution in [2.24, 2.45) is 5.92 Å². The van der Waals surface area contributed by atoms with Crippen molar-refractivity contribution in [1.82, 2.24) is 5.32 Å². The van der Waals surface area contributed by atoms with Crippen LogP contribution in [0.1, 0.15) is 25.8 Å². The van der Waals surface area contributed by atoms with Crippen molar-refractivity contribution in [2.45, 2.75) is 25.7 Å². The summed E-state index contributed by atoms with van der Waals surface area (Å²) in [5.74, 6) is 0.645. The fourth-order valence-corrected chi connectivity index (χ4v) is 2.38. The van der Waals surface area contributed by atoms with Crippen LogP contribution in [-0.4, -0.2) is 12.5 Å². The Morgan fingerprint density at radius 1 is 1.27 bits per heavy atom. The summed E-state index contributed by atoms with van der Waals surface area (Å²) in [4.78, 5) is 11.4. The van der Waals surface area contributed by atoms with E-state index >= 15 is 0 Å². The fourth-order valence-electron chi connectivity index (χ4n) is 2.38. The second-order valence-corrected chi connectivity index (χ2v) is 4.63. The highest BCUT2D eigenvalue weighted by Crippen LogP contribution is 2.38. The molecule has 1 N–H and O–H groups in total. The molecule has 2 nitrogen and oxygen atoms in total. The predicted octanol–water partition coefficient (Wildman–Crippen LogP) is 2.10. The smallest absolute Gasteiger partial charge is 0.221 e. The van der Waals surface area contributed by atoms with Crippen molar-refractivity contribution in [1.29, 1.82) is 0 Å². The maximum atomic E-state index is 11.4. The highest BCUT2D eigenvalue weighted by atomic mass is 16.1. The molecule has 15 heavy (non-hydrogen) atoms. The maximum Gasteiger partial charge on any atom is 0.221 e. The van der Waals surface area contributed by atoms with E-state index in [4.69, 9.17) is 0 Å². The Balaban J connectivity index is 2.40. The van der Waals surface area contributed by atoms with Crippen LogP contribution in [0.25, 0.3) is 0 Å². The molecule has 0 saturated carbocycles. The van der Waals surface area contributed by atoms with E-state index in [9.17, 15) is 4.79 Å². The van der Waals surface area contributed by atoms with E-state index in [1.54, 1.807) is 0 Å². The maximum absolute atomic E-state index is 11.4. The highest BCUT2D eigenvalue weighted by molar-refractivity contribution is 5.80. The topological polar surface area (TPSA) is 29.1 Å². The van der Waals surface area contributed by atoms with Gasteiger partial charge in [0.2, 0.25) is 5.91 Å². The zero-order valence-electron chi connectivity index (χ0n) is 9.29. The molecule has 1 amide bonds. The molecule has 1 aliphatic heterocycles. The zero-order valence-corrected chi connectivity index (χ0v) is 9.29. The molecule has 1 heterocycles. The molecule has 1 aromatic rings. The van der Waals surface area contributed by atoms with E-state index in [0.717, 1.165) is 6.54 Å². The zero-order chi connectivity index (χ0) is 10.9. The number of carbonyl (C=O) groups is 1. The molecule has 0 radical (unpaired) electrons. The summed E-state index contributed by atoms with van der Waals surface area (Å²) in [5.41, 5.74) is 1.27. The van der Waals surface area contributed by atoms with Gasteiger partial charge in [0.25, 0.3) is 0 Å². The summed E-state index contributed by atoms with van der Waals surface area (Å²) in [6.45, 7) is 5.15. The Bertz CT molecular complexity index is 358. The quantitative estimate of drug-likeness (QED) is 0.783. The minimum Gasteiger partial charge on any atom is -0.355 e. The summed E-state index contributed by atoms with van der Waals surface area (Å²) < 4.78 is 0. The van der Waals surface area contributed by atoms with E-state index in [1.807, 2.05) is 18.2 Å². The van der Waals surface area contributed by atoms with Crippen LogP contribution < -0.4 is 5.32 Å². The van der Waals surface area contributed by atoms with Crippen LogP contribution in [0.3, 0.4) is 0 Å². The van der Waals surface area contributed by atoms with Crippen LogP contribution in [-0.2, 0) is 10.2 Å². The third kappa shape index (κ3) is 1.65. The molecule has 0 aliphatic carbocycles. The predicted molar refractivity (Wildman–Crippen MR) is 60.6 cm³/mol. The third-order valence-electron chi connectivity index (χ3n) is 3.53. The van der Waals surface area contributed by atoms with Crippen LogP contribution in [0.15, 0.2) is 30.3 Å². The van der Waals surface area contributed by atoms with Crippen LogP contribution in [0.5, 0.6) is 0 Å².